The third-order valence-corrected chi connectivity index (χ3v) is 8.92. The molecule has 6 rings (SSSR count). The number of hydrogen-bond acceptors (Lipinski definition) is 9. The number of aromatic nitrogens is 6. The van der Waals surface area contributed by atoms with E-state index >= 15 is 0 Å². The fraction of sp³-hybridized carbons (Fsp3) is 0.600. The van der Waals surface area contributed by atoms with E-state index in [0.717, 1.165) is 42.5 Å². The molecule has 0 amide bonds. The van der Waals surface area contributed by atoms with Crippen molar-refractivity contribution in [2.75, 3.05) is 12.3 Å². The van der Waals surface area contributed by atoms with E-state index < -0.39 is 24.5 Å². The molecule has 1 aliphatic carbocycles. The van der Waals surface area contributed by atoms with E-state index in [0.29, 0.717) is 29.7 Å². The van der Waals surface area contributed by atoms with Crippen molar-refractivity contribution in [1.29, 1.82) is 0 Å². The Kier molecular flexibility index (Phi) is 7.25. The maximum atomic E-state index is 10.9. The minimum Gasteiger partial charge on any atom is -0.387 e. The molecule has 0 unspecified atom stereocenters. The zero-order valence-corrected chi connectivity index (χ0v) is 24.5. The number of H-pyrrole nitrogens is 1. The van der Waals surface area contributed by atoms with Crippen molar-refractivity contribution in [2.24, 2.45) is 5.92 Å². The van der Waals surface area contributed by atoms with Gasteiger partial charge in [-0.05, 0) is 62.1 Å². The topological polar surface area (TPSA) is 151 Å². The van der Waals surface area contributed by atoms with Gasteiger partial charge in [-0.1, -0.05) is 26.8 Å². The number of fused-ring (bicyclic) bond motifs is 2. The van der Waals surface area contributed by atoms with Crippen molar-refractivity contribution < 1.29 is 14.9 Å². The highest BCUT2D eigenvalue weighted by Gasteiger charge is 2.46. The Morgan fingerprint density at radius 3 is 2.66 bits per heavy atom. The number of aryl methyl sites for hydroxylation is 1. The number of hydrogen-bond donors (Lipinski definition) is 4. The van der Waals surface area contributed by atoms with Crippen LogP contribution in [0.1, 0.15) is 71.5 Å². The van der Waals surface area contributed by atoms with Gasteiger partial charge in [0.2, 0.25) is 0 Å². The SMILES string of the molecule is CC(C)N(C[C@H]1O[C@@H](n2cnc3c(N)ncnc32)[C@H](O)[C@@H]1O)[C@H]1C[C@@H](CCc2nc3cc(C(C)(C)C)ccc3[nH]2)C1. The Hall–Kier alpha value is -3.12. The van der Waals surface area contributed by atoms with Crippen molar-refractivity contribution in [1.82, 2.24) is 34.4 Å². The largest absolute Gasteiger partial charge is 0.387 e. The third-order valence-electron chi connectivity index (χ3n) is 8.92. The van der Waals surface area contributed by atoms with Crippen LogP contribution in [0.3, 0.4) is 0 Å². The Morgan fingerprint density at radius 2 is 1.93 bits per heavy atom. The molecular weight excluding hydrogens is 520 g/mol. The number of aliphatic hydroxyl groups is 2. The van der Waals surface area contributed by atoms with Crippen LogP contribution in [0.2, 0.25) is 0 Å². The van der Waals surface area contributed by atoms with Crippen LogP contribution in [0.5, 0.6) is 0 Å². The van der Waals surface area contributed by atoms with Gasteiger partial charge in [0, 0.05) is 25.0 Å². The van der Waals surface area contributed by atoms with Crippen LogP contribution < -0.4 is 5.73 Å². The van der Waals surface area contributed by atoms with Gasteiger partial charge >= 0.3 is 0 Å². The van der Waals surface area contributed by atoms with Gasteiger partial charge in [0.25, 0.3) is 0 Å². The highest BCUT2D eigenvalue weighted by atomic mass is 16.6. The lowest BCUT2D eigenvalue weighted by Crippen LogP contribution is -2.52. The predicted molar refractivity (Wildman–Crippen MR) is 157 cm³/mol. The van der Waals surface area contributed by atoms with E-state index in [-0.39, 0.29) is 17.3 Å². The molecule has 0 spiro atoms. The summed E-state index contributed by atoms with van der Waals surface area (Å²) in [7, 11) is 0. The lowest BCUT2D eigenvalue weighted by molar-refractivity contribution is -0.0620. The zero-order chi connectivity index (χ0) is 29.1. The summed E-state index contributed by atoms with van der Waals surface area (Å²) in [6.07, 6.45) is 3.63. The summed E-state index contributed by atoms with van der Waals surface area (Å²) in [5, 5.41) is 21.8. The van der Waals surface area contributed by atoms with Crippen LogP contribution in [-0.2, 0) is 16.6 Å². The van der Waals surface area contributed by atoms with Crippen molar-refractivity contribution in [3.63, 3.8) is 0 Å². The molecule has 3 aromatic heterocycles. The van der Waals surface area contributed by atoms with Crippen molar-refractivity contribution in [2.45, 2.75) is 102 Å². The number of imidazole rings is 2. The van der Waals surface area contributed by atoms with Crippen LogP contribution in [-0.4, -0.2) is 81.5 Å². The van der Waals surface area contributed by atoms with Gasteiger partial charge in [-0.15, -0.1) is 0 Å². The van der Waals surface area contributed by atoms with E-state index in [1.54, 1.807) is 4.57 Å². The molecule has 1 saturated heterocycles. The molecule has 11 heteroatoms. The summed E-state index contributed by atoms with van der Waals surface area (Å²) in [5.74, 6) is 1.95. The van der Waals surface area contributed by atoms with E-state index in [2.05, 4.69) is 77.7 Å². The van der Waals surface area contributed by atoms with E-state index in [1.807, 2.05) is 0 Å². The number of aliphatic hydroxyl groups excluding tert-OH is 2. The molecule has 2 fully saturated rings. The first-order chi connectivity index (χ1) is 19.5. The molecule has 1 aliphatic heterocycles. The number of nitrogens with one attached hydrogen (secondary N) is 1. The maximum absolute atomic E-state index is 10.9. The summed E-state index contributed by atoms with van der Waals surface area (Å²) in [6.45, 7) is 11.6. The summed E-state index contributed by atoms with van der Waals surface area (Å²) in [5.41, 5.74) is 10.4. The molecule has 5 N–H and O–H groups in total. The van der Waals surface area contributed by atoms with Gasteiger partial charge in [0.05, 0.1) is 17.4 Å². The number of nitrogens with two attached hydrogens (primary N) is 1. The normalized spacial score (nSPS) is 27.0. The molecule has 4 aromatic rings. The number of rotatable bonds is 8. The second kappa shape index (κ2) is 10.6. The predicted octanol–water partition coefficient (Wildman–Crippen LogP) is 3.32. The standard InChI is InChI=1S/C30H42N8O3/c1-16(2)37(13-22-25(39)26(40)29(41-22)38-15-34-24-27(31)32-14-33-28(24)38)19-10-17(11-19)6-9-23-35-20-8-7-18(30(3,4)5)12-21(20)36-23/h7-8,12,14-17,19,22,25-26,29,39-40H,6,9-11,13H2,1-5H3,(H,35,36)(H2,31,32,33)/t17-,19+,22-,25-,26-,29-/m1/s1. The maximum Gasteiger partial charge on any atom is 0.167 e. The van der Waals surface area contributed by atoms with E-state index in [1.165, 1.54) is 18.2 Å². The molecular formula is C30H42N8O3. The van der Waals surface area contributed by atoms with Gasteiger partial charge < -0.3 is 25.7 Å². The number of anilines is 1. The molecule has 0 radical (unpaired) electrons. The van der Waals surface area contributed by atoms with Crippen LogP contribution >= 0.6 is 0 Å². The van der Waals surface area contributed by atoms with Crippen LogP contribution in [0.15, 0.2) is 30.9 Å². The summed E-state index contributed by atoms with van der Waals surface area (Å²) < 4.78 is 7.86. The lowest BCUT2D eigenvalue weighted by Gasteiger charge is -2.46. The van der Waals surface area contributed by atoms with Gasteiger partial charge in [-0.3, -0.25) is 9.47 Å². The third kappa shape index (κ3) is 5.31. The molecule has 220 valence electrons. The van der Waals surface area contributed by atoms with Crippen molar-refractivity contribution in [3.05, 3.63) is 42.2 Å². The average Bonchev–Trinajstić information content (AvgIpc) is 3.58. The first-order valence-electron chi connectivity index (χ1n) is 14.7. The first kappa shape index (κ1) is 28.0. The zero-order valence-electron chi connectivity index (χ0n) is 24.5. The fourth-order valence-corrected chi connectivity index (χ4v) is 6.35. The van der Waals surface area contributed by atoms with Crippen LogP contribution in [0.4, 0.5) is 5.82 Å². The summed E-state index contributed by atoms with van der Waals surface area (Å²) >= 11 is 0. The highest BCUT2D eigenvalue weighted by Crippen LogP contribution is 2.38. The fourth-order valence-electron chi connectivity index (χ4n) is 6.35. The van der Waals surface area contributed by atoms with Gasteiger partial charge in [0.1, 0.15) is 36.0 Å². The summed E-state index contributed by atoms with van der Waals surface area (Å²) in [4.78, 5) is 23.3. The molecule has 4 atom stereocenters. The van der Waals surface area contributed by atoms with Crippen molar-refractivity contribution in [3.8, 4) is 0 Å². The van der Waals surface area contributed by atoms with Gasteiger partial charge in [-0.2, -0.15) is 0 Å². The number of aromatic amines is 1. The molecule has 1 saturated carbocycles. The van der Waals surface area contributed by atoms with E-state index in [4.69, 9.17) is 15.5 Å². The summed E-state index contributed by atoms with van der Waals surface area (Å²) in [6, 6.07) is 7.23. The molecule has 11 nitrogen and oxygen atoms in total. The quantitative estimate of drug-likeness (QED) is 0.253. The van der Waals surface area contributed by atoms with Gasteiger partial charge in [0.15, 0.2) is 17.7 Å². The van der Waals surface area contributed by atoms with Crippen molar-refractivity contribution >= 4 is 28.0 Å². The number of nitrogens with zero attached hydrogens (tertiary/aromatic N) is 6. The van der Waals surface area contributed by atoms with Crippen LogP contribution in [0.25, 0.3) is 22.2 Å². The Labute approximate surface area is 240 Å². The Morgan fingerprint density at radius 1 is 1.15 bits per heavy atom. The first-order valence-corrected chi connectivity index (χ1v) is 14.7. The monoisotopic (exact) mass is 562 g/mol. The molecule has 41 heavy (non-hydrogen) atoms. The molecule has 1 aromatic carbocycles. The molecule has 0 bridgehead atoms. The Balaban J connectivity index is 1.06. The van der Waals surface area contributed by atoms with Crippen LogP contribution in [0, 0.1) is 5.92 Å². The lowest BCUT2D eigenvalue weighted by atomic mass is 9.76. The minimum absolute atomic E-state index is 0.104. The second-order valence-corrected chi connectivity index (χ2v) is 13.1. The average molecular weight is 563 g/mol. The smallest absolute Gasteiger partial charge is 0.167 e. The Bertz CT molecular complexity index is 1520. The molecule has 2 aliphatic rings. The van der Waals surface area contributed by atoms with E-state index in [9.17, 15) is 10.2 Å². The number of nitrogen functional groups attached to an aromatic ring is 1. The van der Waals surface area contributed by atoms with Gasteiger partial charge in [-0.25, -0.2) is 19.9 Å². The molecule has 4 heterocycles. The number of ether oxygens (including phenoxy) is 1. The highest BCUT2D eigenvalue weighted by molar-refractivity contribution is 5.81. The second-order valence-electron chi connectivity index (χ2n) is 13.1. The minimum atomic E-state index is -1.11. The number of benzene rings is 1.